The second kappa shape index (κ2) is 6.06. The smallest absolute Gasteiger partial charge is 0.263 e. The molecule has 0 saturated heterocycles. The number of thiazole rings is 1. The average Bonchev–Trinajstić information content (AvgIpc) is 3.02. The number of rotatable bonds is 4. The van der Waals surface area contributed by atoms with Gasteiger partial charge in [0.2, 0.25) is 0 Å². The van der Waals surface area contributed by atoms with Gasteiger partial charge in [-0.15, -0.1) is 0 Å². The monoisotopic (exact) mass is 317 g/mol. The van der Waals surface area contributed by atoms with Crippen molar-refractivity contribution in [1.29, 1.82) is 0 Å². The van der Waals surface area contributed by atoms with E-state index in [1.54, 1.807) is 13.2 Å². The maximum Gasteiger partial charge on any atom is 0.263 e. The Morgan fingerprint density at radius 2 is 2.27 bits per heavy atom. The summed E-state index contributed by atoms with van der Waals surface area (Å²) < 4.78 is 0. The van der Waals surface area contributed by atoms with Crippen LogP contribution in [0.3, 0.4) is 0 Å². The molecule has 116 valence electrons. The molecule has 1 aliphatic rings. The normalized spacial score (nSPS) is 20.3. The van der Waals surface area contributed by atoms with Crippen LogP contribution in [0.1, 0.15) is 33.6 Å². The van der Waals surface area contributed by atoms with E-state index in [2.05, 4.69) is 15.6 Å². The zero-order chi connectivity index (χ0) is 15.6. The lowest BCUT2D eigenvalue weighted by Crippen LogP contribution is -2.42. The van der Waals surface area contributed by atoms with Gasteiger partial charge >= 0.3 is 0 Å². The number of amides is 1. The Balaban J connectivity index is 1.72. The first-order valence-corrected chi connectivity index (χ1v) is 8.16. The number of aromatic nitrogens is 1. The molecule has 22 heavy (non-hydrogen) atoms. The molecule has 6 heteroatoms. The van der Waals surface area contributed by atoms with Crippen LogP contribution in [0.15, 0.2) is 30.5 Å². The van der Waals surface area contributed by atoms with Gasteiger partial charge in [-0.25, -0.2) is 4.98 Å². The molecule has 0 fully saturated rings. The number of hydrogen-bond acceptors (Lipinski definition) is 5. The summed E-state index contributed by atoms with van der Waals surface area (Å²) in [6, 6.07) is 7.91. The van der Waals surface area contributed by atoms with E-state index in [0.717, 1.165) is 18.4 Å². The lowest BCUT2D eigenvalue weighted by Gasteiger charge is -2.34. The van der Waals surface area contributed by atoms with Crippen molar-refractivity contribution in [1.82, 2.24) is 10.3 Å². The number of anilines is 1. The molecule has 3 rings (SSSR count). The average molecular weight is 317 g/mol. The Hall–Kier alpha value is -1.92. The number of aliphatic hydroxyl groups is 1. The van der Waals surface area contributed by atoms with Gasteiger partial charge in [-0.2, -0.15) is 0 Å². The van der Waals surface area contributed by atoms with E-state index in [9.17, 15) is 9.90 Å². The molecule has 0 radical (unpaired) electrons. The number of fused-ring (bicyclic) bond motifs is 1. The summed E-state index contributed by atoms with van der Waals surface area (Å²) in [4.78, 5) is 16.8. The fourth-order valence-corrected chi connectivity index (χ4v) is 3.58. The molecule has 1 unspecified atom stereocenters. The van der Waals surface area contributed by atoms with Crippen molar-refractivity contribution in [2.75, 3.05) is 18.9 Å². The number of nitrogens with zero attached hydrogens (tertiary/aromatic N) is 1. The topological polar surface area (TPSA) is 74.2 Å². The Morgan fingerprint density at radius 3 is 3.05 bits per heavy atom. The van der Waals surface area contributed by atoms with Crippen molar-refractivity contribution in [2.45, 2.75) is 24.9 Å². The summed E-state index contributed by atoms with van der Waals surface area (Å²) >= 11 is 1.30. The summed E-state index contributed by atoms with van der Waals surface area (Å²) in [5, 5.41) is 17.4. The van der Waals surface area contributed by atoms with Gasteiger partial charge in [-0.3, -0.25) is 4.79 Å². The largest absolute Gasteiger partial charge is 0.383 e. The Morgan fingerprint density at radius 1 is 1.45 bits per heavy atom. The molecular weight excluding hydrogens is 298 g/mol. The third-order valence-corrected chi connectivity index (χ3v) is 5.05. The fourth-order valence-electron chi connectivity index (χ4n) is 2.89. The van der Waals surface area contributed by atoms with E-state index < -0.39 is 5.60 Å². The van der Waals surface area contributed by atoms with Crippen molar-refractivity contribution in [3.8, 4) is 0 Å². The Labute approximate surface area is 133 Å². The molecule has 1 heterocycles. The van der Waals surface area contributed by atoms with Gasteiger partial charge in [0.05, 0.1) is 12.7 Å². The minimum atomic E-state index is -0.985. The second-order valence-corrected chi connectivity index (χ2v) is 6.54. The van der Waals surface area contributed by atoms with Crippen LogP contribution in [0.2, 0.25) is 0 Å². The summed E-state index contributed by atoms with van der Waals surface area (Å²) in [6.07, 6.45) is 4.11. The number of carbonyl (C=O) groups is 1. The SMILES string of the molecule is CNc1ncc(C(=O)NCC2(O)CCCc3ccccc32)s1. The number of hydrogen-bond donors (Lipinski definition) is 3. The molecule has 0 aliphatic heterocycles. The van der Waals surface area contributed by atoms with E-state index in [-0.39, 0.29) is 12.5 Å². The van der Waals surface area contributed by atoms with Crippen LogP contribution in [-0.2, 0) is 12.0 Å². The highest BCUT2D eigenvalue weighted by atomic mass is 32.1. The highest BCUT2D eigenvalue weighted by Crippen LogP contribution is 2.34. The van der Waals surface area contributed by atoms with Crippen LogP contribution in [0.25, 0.3) is 0 Å². The molecule has 5 nitrogen and oxygen atoms in total. The van der Waals surface area contributed by atoms with Crippen molar-refractivity contribution >= 4 is 22.4 Å². The third-order valence-electron chi connectivity index (χ3n) is 4.04. The lowest BCUT2D eigenvalue weighted by atomic mass is 9.79. The molecule has 1 aromatic carbocycles. The number of aryl methyl sites for hydroxylation is 1. The number of nitrogens with one attached hydrogen (secondary N) is 2. The molecular formula is C16H19N3O2S. The van der Waals surface area contributed by atoms with Crippen molar-refractivity contribution in [3.05, 3.63) is 46.5 Å². The highest BCUT2D eigenvalue weighted by Gasteiger charge is 2.34. The van der Waals surface area contributed by atoms with Crippen molar-refractivity contribution in [2.24, 2.45) is 0 Å². The van der Waals surface area contributed by atoms with Crippen molar-refractivity contribution in [3.63, 3.8) is 0 Å². The van der Waals surface area contributed by atoms with Gasteiger partial charge in [-0.05, 0) is 30.4 Å². The van der Waals surface area contributed by atoms with Gasteiger partial charge in [0, 0.05) is 7.05 Å². The first-order chi connectivity index (χ1) is 10.6. The fraction of sp³-hybridized carbons (Fsp3) is 0.375. The summed E-state index contributed by atoms with van der Waals surface area (Å²) in [7, 11) is 1.77. The molecule has 1 aromatic heterocycles. The van der Waals surface area contributed by atoms with E-state index in [1.165, 1.54) is 16.9 Å². The maximum atomic E-state index is 12.2. The zero-order valence-electron chi connectivity index (χ0n) is 12.4. The molecule has 3 N–H and O–H groups in total. The van der Waals surface area contributed by atoms with Crippen LogP contribution in [0, 0.1) is 0 Å². The minimum Gasteiger partial charge on any atom is -0.383 e. The first-order valence-electron chi connectivity index (χ1n) is 7.35. The predicted octanol–water partition coefficient (Wildman–Crippen LogP) is 2.14. The van der Waals surface area contributed by atoms with Gasteiger partial charge in [0.1, 0.15) is 10.5 Å². The quantitative estimate of drug-likeness (QED) is 0.808. The molecule has 1 atom stereocenters. The summed E-state index contributed by atoms with van der Waals surface area (Å²) in [5.41, 5.74) is 1.11. The Kier molecular flexibility index (Phi) is 4.13. The minimum absolute atomic E-state index is 0.199. The molecule has 0 saturated carbocycles. The second-order valence-electron chi connectivity index (χ2n) is 5.50. The maximum absolute atomic E-state index is 12.2. The standard InChI is InChI=1S/C16H19N3O2S/c1-17-15-18-9-13(22-15)14(20)19-10-16(21)8-4-6-11-5-2-3-7-12(11)16/h2-3,5,7,9,21H,4,6,8,10H2,1H3,(H,17,18)(H,19,20). The van der Waals surface area contributed by atoms with E-state index in [4.69, 9.17) is 0 Å². The molecule has 0 spiro atoms. The molecule has 2 aromatic rings. The van der Waals surface area contributed by atoms with Crippen LogP contribution >= 0.6 is 11.3 Å². The predicted molar refractivity (Wildman–Crippen MR) is 87.3 cm³/mol. The molecule has 1 aliphatic carbocycles. The first kappa shape index (κ1) is 15.0. The third kappa shape index (κ3) is 2.84. The van der Waals surface area contributed by atoms with Crippen LogP contribution < -0.4 is 10.6 Å². The Bertz CT molecular complexity index is 686. The summed E-state index contributed by atoms with van der Waals surface area (Å²) in [5.74, 6) is -0.199. The zero-order valence-corrected chi connectivity index (χ0v) is 13.2. The number of benzene rings is 1. The van der Waals surface area contributed by atoms with E-state index >= 15 is 0 Å². The van der Waals surface area contributed by atoms with Crippen molar-refractivity contribution < 1.29 is 9.90 Å². The highest BCUT2D eigenvalue weighted by molar-refractivity contribution is 7.17. The van der Waals surface area contributed by atoms with E-state index in [1.807, 2.05) is 24.3 Å². The van der Waals surface area contributed by atoms with Crippen LogP contribution in [0.4, 0.5) is 5.13 Å². The number of carbonyl (C=O) groups excluding carboxylic acids is 1. The van der Waals surface area contributed by atoms with Gasteiger partial charge in [0.15, 0.2) is 5.13 Å². The van der Waals surface area contributed by atoms with Crippen LogP contribution in [-0.4, -0.2) is 29.6 Å². The lowest BCUT2D eigenvalue weighted by molar-refractivity contribution is 0.0190. The van der Waals surface area contributed by atoms with E-state index in [0.29, 0.717) is 16.4 Å². The van der Waals surface area contributed by atoms with Gasteiger partial charge in [-0.1, -0.05) is 35.6 Å². The summed E-state index contributed by atoms with van der Waals surface area (Å²) in [6.45, 7) is 0.218. The molecule has 1 amide bonds. The van der Waals surface area contributed by atoms with Gasteiger partial charge < -0.3 is 15.7 Å². The van der Waals surface area contributed by atoms with Gasteiger partial charge in [0.25, 0.3) is 5.91 Å². The van der Waals surface area contributed by atoms with Crippen LogP contribution in [0.5, 0.6) is 0 Å². The molecule has 0 bridgehead atoms.